The van der Waals surface area contributed by atoms with Crippen molar-refractivity contribution in [1.29, 1.82) is 0 Å². The van der Waals surface area contributed by atoms with Crippen LogP contribution in [-0.4, -0.2) is 99.2 Å². The van der Waals surface area contributed by atoms with Gasteiger partial charge >= 0.3 is 0 Å². The van der Waals surface area contributed by atoms with Crippen molar-refractivity contribution < 1.29 is 15.3 Å². The van der Waals surface area contributed by atoms with Gasteiger partial charge in [-0.1, -0.05) is 93.6 Å². The molecular formula is C49H72N4O3S2. The van der Waals surface area contributed by atoms with Gasteiger partial charge in [0, 0.05) is 82.4 Å². The Kier molecular flexibility index (Phi) is 17.4. The number of likely N-dealkylation sites (tertiary alicyclic amines) is 2. The number of nitrogens with one attached hydrogen (secondary N) is 1. The number of hydrogen-bond donors (Lipinski definition) is 5. The largest absolute Gasteiger partial charge is 0.508 e. The van der Waals surface area contributed by atoms with Crippen LogP contribution in [0.15, 0.2) is 95.2 Å². The van der Waals surface area contributed by atoms with Crippen LogP contribution in [0.5, 0.6) is 5.75 Å². The van der Waals surface area contributed by atoms with E-state index in [9.17, 15) is 15.3 Å². The molecular weight excluding hydrogens is 757 g/mol. The molecule has 3 aromatic rings. The second-order valence-electron chi connectivity index (χ2n) is 17.9. The van der Waals surface area contributed by atoms with Crippen molar-refractivity contribution >= 4 is 29.2 Å². The van der Waals surface area contributed by atoms with Gasteiger partial charge in [0.25, 0.3) is 0 Å². The van der Waals surface area contributed by atoms with Gasteiger partial charge in [0.1, 0.15) is 5.75 Å². The van der Waals surface area contributed by atoms with Crippen molar-refractivity contribution in [3.8, 4) is 5.75 Å². The summed E-state index contributed by atoms with van der Waals surface area (Å²) in [5.74, 6) is 5.18. The number of thioether (sulfide) groups is 2. The predicted octanol–water partition coefficient (Wildman–Crippen LogP) is 9.05. The fraction of sp³-hybridized carbons (Fsp3) is 0.592. The molecule has 4 aliphatic rings. The molecule has 7 rings (SSSR count). The van der Waals surface area contributed by atoms with Gasteiger partial charge in [0.2, 0.25) is 0 Å². The van der Waals surface area contributed by atoms with Crippen LogP contribution in [0.4, 0.5) is 0 Å². The van der Waals surface area contributed by atoms with E-state index in [0.717, 1.165) is 71.6 Å². The van der Waals surface area contributed by atoms with Crippen molar-refractivity contribution in [1.82, 2.24) is 15.1 Å². The smallest absolute Gasteiger partial charge is 0.119 e. The van der Waals surface area contributed by atoms with E-state index < -0.39 is 12.2 Å². The van der Waals surface area contributed by atoms with E-state index >= 15 is 0 Å². The highest BCUT2D eigenvalue weighted by atomic mass is 32.2. The van der Waals surface area contributed by atoms with Crippen molar-refractivity contribution in [2.75, 3.05) is 37.7 Å². The number of aliphatic hydroxyl groups is 2. The minimum absolute atomic E-state index is 0.157. The molecule has 6 N–H and O–H groups in total. The van der Waals surface area contributed by atoms with Crippen LogP contribution >= 0.6 is 23.5 Å². The molecule has 0 amide bonds. The Bertz CT molecular complexity index is 1680. The molecule has 2 aliphatic heterocycles. The van der Waals surface area contributed by atoms with Crippen LogP contribution < -0.4 is 11.1 Å². The first-order valence-electron chi connectivity index (χ1n) is 22.3. The van der Waals surface area contributed by atoms with Gasteiger partial charge in [0.05, 0.1) is 18.2 Å². The van der Waals surface area contributed by atoms with Gasteiger partial charge in [-0.3, -0.25) is 9.80 Å². The number of aliphatic hydroxyl groups excluding tert-OH is 2. The van der Waals surface area contributed by atoms with Crippen LogP contribution in [-0.2, 0) is 0 Å². The van der Waals surface area contributed by atoms with Crippen LogP contribution in [0.25, 0.3) is 5.70 Å². The fourth-order valence-corrected chi connectivity index (χ4v) is 12.1. The average molecular weight is 829 g/mol. The first-order valence-corrected chi connectivity index (χ1v) is 24.2. The lowest BCUT2D eigenvalue weighted by atomic mass is 9.73. The monoisotopic (exact) mass is 829 g/mol. The second kappa shape index (κ2) is 22.4. The summed E-state index contributed by atoms with van der Waals surface area (Å²) in [5, 5.41) is 35.7. The van der Waals surface area contributed by atoms with Crippen LogP contribution in [0.2, 0.25) is 0 Å². The summed E-state index contributed by atoms with van der Waals surface area (Å²) >= 11 is 3.49. The molecule has 10 atom stereocenters. The van der Waals surface area contributed by atoms with Gasteiger partial charge < -0.3 is 26.4 Å². The first kappa shape index (κ1) is 45.0. The standard InChI is InChI=1S/C29H40N2O2S.C20H32N2OS/c1-20-16-23-10-7-8-11-24(23)17-31(20)18-29(33)27(19-34-25-12-5-4-6-13-25)30-22(3)26-14-9-15-28(32)21(26)2;1-15-11-16-7-5-6-8-17(16)12-22(15)13-20(23)19(21)14-24-18-9-3-2-4-10-18/h4-6,9,12-15,20,23-24,27,29-30,32-33H,3,7-8,10-11,16-19H2,1-2H3;2-4,9-10,15-17,19-20,23H,5-8,11-14,21H2,1H3/t20-,23?,24?,27+,29?;15-,16?,17?,19+,20?/m11/s1. The highest BCUT2D eigenvalue weighted by molar-refractivity contribution is 7.99. The summed E-state index contributed by atoms with van der Waals surface area (Å²) in [6.07, 6.45) is 12.6. The summed E-state index contributed by atoms with van der Waals surface area (Å²) in [4.78, 5) is 7.42. The lowest BCUT2D eigenvalue weighted by molar-refractivity contribution is 0.00717. The van der Waals surface area contributed by atoms with Gasteiger partial charge in [-0.2, -0.15) is 0 Å². The van der Waals surface area contributed by atoms with E-state index in [0.29, 0.717) is 18.6 Å². The maximum atomic E-state index is 11.5. The number of fused-ring (bicyclic) bond motifs is 2. The van der Waals surface area contributed by atoms with E-state index in [2.05, 4.69) is 59.8 Å². The molecule has 6 unspecified atom stereocenters. The van der Waals surface area contributed by atoms with Gasteiger partial charge in [0.15, 0.2) is 0 Å². The normalized spacial score (nSPS) is 27.1. The van der Waals surface area contributed by atoms with Crippen LogP contribution in [0, 0.1) is 30.6 Å². The topological polar surface area (TPSA) is 105 Å². The third-order valence-electron chi connectivity index (χ3n) is 13.8. The lowest BCUT2D eigenvalue weighted by Gasteiger charge is -2.46. The van der Waals surface area contributed by atoms with Gasteiger partial charge in [-0.25, -0.2) is 0 Å². The molecule has 0 spiro atoms. The van der Waals surface area contributed by atoms with Crippen molar-refractivity contribution in [2.45, 2.75) is 131 Å². The number of nitrogens with two attached hydrogens (primary N) is 1. The molecule has 7 nitrogen and oxygen atoms in total. The third-order valence-corrected chi connectivity index (χ3v) is 16.0. The van der Waals surface area contributed by atoms with E-state index in [4.69, 9.17) is 5.73 Å². The Morgan fingerprint density at radius 2 is 1.19 bits per heavy atom. The Morgan fingerprint density at radius 3 is 1.72 bits per heavy atom. The number of nitrogens with zero attached hydrogens (tertiary/aromatic N) is 2. The van der Waals surface area contributed by atoms with Crippen molar-refractivity contribution in [3.05, 3.63) is 96.6 Å². The third kappa shape index (κ3) is 12.8. The molecule has 58 heavy (non-hydrogen) atoms. The molecule has 2 saturated heterocycles. The van der Waals surface area contributed by atoms with E-state index in [1.807, 2.05) is 55.5 Å². The number of piperidine rings is 2. The average Bonchev–Trinajstić information content (AvgIpc) is 3.23. The lowest BCUT2D eigenvalue weighted by Crippen LogP contribution is -2.53. The maximum absolute atomic E-state index is 11.5. The number of hydrogen-bond acceptors (Lipinski definition) is 9. The minimum atomic E-state index is -0.520. The Hall–Kier alpha value is -2.50. The molecule has 2 aliphatic carbocycles. The van der Waals surface area contributed by atoms with Crippen LogP contribution in [0.1, 0.15) is 89.2 Å². The Labute approximate surface area is 358 Å². The zero-order chi connectivity index (χ0) is 41.0. The fourth-order valence-electron chi connectivity index (χ4n) is 10.1. The Balaban J connectivity index is 0.000000208. The predicted molar refractivity (Wildman–Crippen MR) is 245 cm³/mol. The molecule has 2 saturated carbocycles. The SMILES string of the molecule is C=C(N[C@@H](CSc1ccccc1)C(O)CN1CC2CCCCC2C[C@H]1C)c1cccc(O)c1C.C[C@@H]1CC2CCCCC2CN1CC(O)[C@@H](N)CSc1ccccc1. The van der Waals surface area contributed by atoms with Crippen LogP contribution in [0.3, 0.4) is 0 Å². The van der Waals surface area contributed by atoms with E-state index in [1.165, 1.54) is 74.0 Å². The molecule has 2 heterocycles. The number of phenolic OH excluding ortho intramolecular Hbond substituents is 1. The Morgan fingerprint density at radius 1 is 0.707 bits per heavy atom. The number of benzene rings is 3. The molecule has 3 aromatic carbocycles. The molecule has 4 fully saturated rings. The molecule has 318 valence electrons. The molecule has 9 heteroatoms. The highest BCUT2D eigenvalue weighted by Crippen LogP contribution is 2.40. The number of β-amino-alcohol motifs (C(OH)–C–C–N with tert-alkyl or cyclic N) is 2. The zero-order valence-electron chi connectivity index (χ0n) is 35.4. The van der Waals surface area contributed by atoms with Gasteiger partial charge in [-0.15, -0.1) is 23.5 Å². The van der Waals surface area contributed by atoms with Crippen molar-refractivity contribution in [3.63, 3.8) is 0 Å². The quantitative estimate of drug-likeness (QED) is 0.0961. The van der Waals surface area contributed by atoms with E-state index in [1.54, 1.807) is 29.6 Å². The maximum Gasteiger partial charge on any atom is 0.119 e. The van der Waals surface area contributed by atoms with E-state index in [-0.39, 0.29) is 17.8 Å². The summed E-state index contributed by atoms with van der Waals surface area (Å²) in [6, 6.07) is 26.9. The van der Waals surface area contributed by atoms with Gasteiger partial charge in [-0.05, 0) is 100 Å². The number of rotatable bonds is 15. The minimum Gasteiger partial charge on any atom is -0.508 e. The summed E-state index contributed by atoms with van der Waals surface area (Å²) in [6.45, 7) is 14.5. The second-order valence-corrected chi connectivity index (χ2v) is 20.1. The number of aromatic hydroxyl groups is 1. The molecule has 0 radical (unpaired) electrons. The highest BCUT2D eigenvalue weighted by Gasteiger charge is 2.37. The molecule has 0 aromatic heterocycles. The first-order chi connectivity index (χ1) is 28.0. The molecule has 0 bridgehead atoms. The summed E-state index contributed by atoms with van der Waals surface area (Å²) in [7, 11) is 0. The summed E-state index contributed by atoms with van der Waals surface area (Å²) in [5.41, 5.74) is 8.69. The zero-order valence-corrected chi connectivity index (χ0v) is 37.1. The number of phenols is 1. The van der Waals surface area contributed by atoms with Crippen molar-refractivity contribution in [2.24, 2.45) is 29.4 Å². The summed E-state index contributed by atoms with van der Waals surface area (Å²) < 4.78 is 0.